The van der Waals surface area contributed by atoms with Gasteiger partial charge in [-0.15, -0.1) is 11.3 Å². The average molecular weight is 413 g/mol. The van der Waals surface area contributed by atoms with Crippen molar-refractivity contribution in [3.63, 3.8) is 0 Å². The molecule has 29 heavy (non-hydrogen) atoms. The second-order valence-electron chi connectivity index (χ2n) is 9.10. The quantitative estimate of drug-likeness (QED) is 0.593. The van der Waals surface area contributed by atoms with E-state index in [2.05, 4.69) is 59.5 Å². The highest BCUT2D eigenvalue weighted by molar-refractivity contribution is 7.10. The van der Waals surface area contributed by atoms with Gasteiger partial charge in [0.1, 0.15) is 5.75 Å². The molecule has 3 nitrogen and oxygen atoms in total. The summed E-state index contributed by atoms with van der Waals surface area (Å²) in [5.74, 6) is 2.24. The number of likely N-dealkylation sites (tertiary alicyclic amines) is 1. The highest BCUT2D eigenvalue weighted by Crippen LogP contribution is 2.37. The molecule has 2 unspecified atom stereocenters. The fraction of sp³-hybridized carbons (Fsp3) is 0.600. The van der Waals surface area contributed by atoms with E-state index in [9.17, 15) is 0 Å². The average Bonchev–Trinajstić information content (AvgIpc) is 3.34. The lowest BCUT2D eigenvalue weighted by Gasteiger charge is -2.34. The molecular weight excluding hydrogens is 376 g/mol. The molecule has 0 radical (unpaired) electrons. The molecule has 1 saturated carbocycles. The first kappa shape index (κ1) is 20.9. The molecule has 1 saturated heterocycles. The minimum Gasteiger partial charge on any atom is -0.497 e. The molecule has 1 aromatic carbocycles. The monoisotopic (exact) mass is 412 g/mol. The molecular formula is C25H36N2OS. The fourth-order valence-electron chi connectivity index (χ4n) is 5.33. The zero-order valence-corrected chi connectivity index (χ0v) is 19.1. The van der Waals surface area contributed by atoms with Crippen molar-refractivity contribution < 1.29 is 4.74 Å². The van der Waals surface area contributed by atoms with Gasteiger partial charge in [-0.2, -0.15) is 0 Å². The Bertz CT molecular complexity index is 783. The van der Waals surface area contributed by atoms with Crippen molar-refractivity contribution in [2.75, 3.05) is 33.8 Å². The molecule has 0 amide bonds. The van der Waals surface area contributed by atoms with Gasteiger partial charge in [-0.05, 0) is 67.4 Å². The number of ether oxygens (including phenoxy) is 1. The van der Waals surface area contributed by atoms with E-state index in [0.717, 1.165) is 24.9 Å². The Morgan fingerprint density at radius 3 is 2.69 bits per heavy atom. The van der Waals surface area contributed by atoms with E-state index in [4.69, 9.17) is 4.74 Å². The molecule has 1 aliphatic carbocycles. The number of aryl methyl sites for hydroxylation is 1. The van der Waals surface area contributed by atoms with Gasteiger partial charge in [0.25, 0.3) is 0 Å². The van der Waals surface area contributed by atoms with Crippen LogP contribution in [0.3, 0.4) is 0 Å². The van der Waals surface area contributed by atoms with E-state index in [1.807, 2.05) is 11.3 Å². The summed E-state index contributed by atoms with van der Waals surface area (Å²) in [5, 5.41) is 2.23. The third-order valence-corrected chi connectivity index (χ3v) is 8.10. The van der Waals surface area contributed by atoms with Gasteiger partial charge >= 0.3 is 0 Å². The Hall–Kier alpha value is -1.36. The topological polar surface area (TPSA) is 15.7 Å². The van der Waals surface area contributed by atoms with Crippen LogP contribution in [0.25, 0.3) is 0 Å². The molecule has 2 atom stereocenters. The smallest absolute Gasteiger partial charge is 0.119 e. The summed E-state index contributed by atoms with van der Waals surface area (Å²) in [6.45, 7) is 6.87. The van der Waals surface area contributed by atoms with Gasteiger partial charge in [-0.25, -0.2) is 0 Å². The maximum Gasteiger partial charge on any atom is 0.119 e. The Morgan fingerprint density at radius 2 is 1.97 bits per heavy atom. The number of thiophene rings is 1. The Kier molecular flexibility index (Phi) is 6.94. The van der Waals surface area contributed by atoms with E-state index >= 15 is 0 Å². The maximum absolute atomic E-state index is 5.53. The van der Waals surface area contributed by atoms with Gasteiger partial charge in [0.05, 0.1) is 7.11 Å². The van der Waals surface area contributed by atoms with Gasteiger partial charge in [-0.1, -0.05) is 31.4 Å². The lowest BCUT2D eigenvalue weighted by Crippen LogP contribution is -2.38. The summed E-state index contributed by atoms with van der Waals surface area (Å²) in [6.07, 6.45) is 7.00. The third-order valence-electron chi connectivity index (χ3n) is 7.09. The molecule has 2 aliphatic rings. The van der Waals surface area contributed by atoms with Gasteiger partial charge in [0, 0.05) is 43.0 Å². The lowest BCUT2D eigenvalue weighted by molar-refractivity contribution is 0.162. The highest BCUT2D eigenvalue weighted by Gasteiger charge is 2.35. The van der Waals surface area contributed by atoms with Crippen LogP contribution in [-0.2, 0) is 6.54 Å². The van der Waals surface area contributed by atoms with Gasteiger partial charge in [0.15, 0.2) is 0 Å². The molecule has 4 rings (SSSR count). The predicted molar refractivity (Wildman–Crippen MR) is 123 cm³/mol. The summed E-state index contributed by atoms with van der Waals surface area (Å²) < 4.78 is 5.53. The van der Waals surface area contributed by atoms with Crippen LogP contribution < -0.4 is 4.74 Å². The molecule has 0 spiro atoms. The SMILES string of the molecule is COc1cccc(C2CN(Cc3sccc3C)CC2CN(C)C2CCCCC2)c1. The number of methoxy groups -OCH3 is 1. The van der Waals surface area contributed by atoms with E-state index < -0.39 is 0 Å². The zero-order chi connectivity index (χ0) is 20.2. The Balaban J connectivity index is 1.50. The fourth-order valence-corrected chi connectivity index (χ4v) is 6.28. The third kappa shape index (κ3) is 5.04. The normalized spacial score (nSPS) is 23.7. The van der Waals surface area contributed by atoms with Crippen LogP contribution in [0.2, 0.25) is 0 Å². The first-order valence-corrected chi connectivity index (χ1v) is 12.1. The predicted octanol–water partition coefficient (Wildman–Crippen LogP) is 5.55. The van der Waals surface area contributed by atoms with Crippen molar-refractivity contribution in [1.29, 1.82) is 0 Å². The molecule has 1 aliphatic heterocycles. The van der Waals surface area contributed by atoms with Crippen molar-refractivity contribution >= 4 is 11.3 Å². The molecule has 4 heteroatoms. The molecule has 2 aromatic rings. The van der Waals surface area contributed by atoms with Crippen molar-refractivity contribution in [2.24, 2.45) is 5.92 Å². The minimum atomic E-state index is 0.580. The number of benzene rings is 1. The molecule has 0 N–H and O–H groups in total. The van der Waals surface area contributed by atoms with Crippen molar-refractivity contribution in [2.45, 2.75) is 57.5 Å². The van der Waals surface area contributed by atoms with Crippen LogP contribution in [0, 0.1) is 12.8 Å². The summed E-state index contributed by atoms with van der Waals surface area (Å²) in [6, 6.07) is 11.8. The second-order valence-corrected chi connectivity index (χ2v) is 10.1. The van der Waals surface area contributed by atoms with Gasteiger partial charge in [0.2, 0.25) is 0 Å². The van der Waals surface area contributed by atoms with Crippen LogP contribution in [0.5, 0.6) is 5.75 Å². The zero-order valence-electron chi connectivity index (χ0n) is 18.3. The largest absolute Gasteiger partial charge is 0.497 e. The molecule has 0 bridgehead atoms. The lowest BCUT2D eigenvalue weighted by atomic mass is 9.87. The highest BCUT2D eigenvalue weighted by atomic mass is 32.1. The van der Waals surface area contributed by atoms with E-state index in [0.29, 0.717) is 11.8 Å². The molecule has 1 aromatic heterocycles. The summed E-state index contributed by atoms with van der Waals surface area (Å²) >= 11 is 1.91. The number of rotatable bonds is 7. The summed E-state index contributed by atoms with van der Waals surface area (Å²) in [7, 11) is 4.14. The maximum atomic E-state index is 5.53. The van der Waals surface area contributed by atoms with E-state index in [1.54, 1.807) is 7.11 Å². The molecule has 2 fully saturated rings. The van der Waals surface area contributed by atoms with Crippen molar-refractivity contribution in [1.82, 2.24) is 9.80 Å². The van der Waals surface area contributed by atoms with Gasteiger partial charge < -0.3 is 9.64 Å². The minimum absolute atomic E-state index is 0.580. The van der Waals surface area contributed by atoms with Crippen LogP contribution in [0.1, 0.15) is 54.0 Å². The Labute approximate surface area is 180 Å². The van der Waals surface area contributed by atoms with Crippen LogP contribution in [0.15, 0.2) is 35.7 Å². The number of nitrogens with zero attached hydrogens (tertiary/aromatic N) is 2. The Morgan fingerprint density at radius 1 is 1.14 bits per heavy atom. The number of hydrogen-bond donors (Lipinski definition) is 0. The van der Waals surface area contributed by atoms with Crippen molar-refractivity contribution in [3.8, 4) is 5.75 Å². The first-order valence-electron chi connectivity index (χ1n) is 11.2. The molecule has 2 heterocycles. The van der Waals surface area contributed by atoms with Crippen LogP contribution in [-0.4, -0.2) is 49.6 Å². The summed E-state index contributed by atoms with van der Waals surface area (Å²) in [5.41, 5.74) is 2.88. The first-order chi connectivity index (χ1) is 14.1. The summed E-state index contributed by atoms with van der Waals surface area (Å²) in [4.78, 5) is 6.88. The standard InChI is InChI=1S/C25H36N2OS/c1-19-12-13-29-25(19)18-27-16-21(15-26(2)22-9-5-4-6-10-22)24(17-27)20-8-7-11-23(14-20)28-3/h7-8,11-14,21-22,24H,4-6,9-10,15-18H2,1-3H3. The second kappa shape index (κ2) is 9.63. The van der Waals surface area contributed by atoms with Crippen molar-refractivity contribution in [3.05, 3.63) is 51.7 Å². The molecule has 158 valence electrons. The van der Waals surface area contributed by atoms with Gasteiger partial charge in [-0.3, -0.25) is 4.90 Å². The van der Waals surface area contributed by atoms with E-state index in [1.165, 1.54) is 61.2 Å². The van der Waals surface area contributed by atoms with Crippen LogP contribution >= 0.6 is 11.3 Å². The van der Waals surface area contributed by atoms with Crippen LogP contribution in [0.4, 0.5) is 0 Å². The van der Waals surface area contributed by atoms with E-state index in [-0.39, 0.29) is 0 Å². The number of hydrogen-bond acceptors (Lipinski definition) is 4.